The van der Waals surface area contributed by atoms with Gasteiger partial charge in [0.1, 0.15) is 0 Å². The fraction of sp³-hybridized carbons (Fsp3) is 0.667. The van der Waals surface area contributed by atoms with E-state index in [-0.39, 0.29) is 0 Å². The van der Waals surface area contributed by atoms with Crippen molar-refractivity contribution in [2.75, 3.05) is 33.2 Å². The summed E-state index contributed by atoms with van der Waals surface area (Å²) >= 11 is 0. The van der Waals surface area contributed by atoms with Crippen LogP contribution in [0, 0.1) is 0 Å². The van der Waals surface area contributed by atoms with Crippen LogP contribution in [0.3, 0.4) is 0 Å². The zero-order chi connectivity index (χ0) is 14.7. The number of hydrogen-bond donors (Lipinski definition) is 1. The van der Waals surface area contributed by atoms with Gasteiger partial charge >= 0.3 is 0 Å². The minimum Gasteiger partial charge on any atom is -0.312 e. The van der Waals surface area contributed by atoms with Gasteiger partial charge in [-0.3, -0.25) is 4.90 Å². The smallest absolute Gasteiger partial charge is 0.0476 e. The van der Waals surface area contributed by atoms with Crippen LogP contribution in [0.5, 0.6) is 0 Å². The van der Waals surface area contributed by atoms with Crippen LogP contribution in [0.2, 0.25) is 0 Å². The van der Waals surface area contributed by atoms with Crippen molar-refractivity contribution in [1.29, 1.82) is 0 Å². The number of hydrogen-bond acceptors (Lipinski definition) is 3. The number of rotatable bonds is 5. The zero-order valence-corrected chi connectivity index (χ0v) is 13.5. The maximum absolute atomic E-state index is 3.75. The van der Waals surface area contributed by atoms with Gasteiger partial charge in [-0.05, 0) is 45.3 Å². The van der Waals surface area contributed by atoms with Crippen molar-refractivity contribution >= 4 is 0 Å². The van der Waals surface area contributed by atoms with Gasteiger partial charge in [0.15, 0.2) is 0 Å². The molecule has 0 amide bonds. The first-order valence-corrected chi connectivity index (χ1v) is 8.46. The van der Waals surface area contributed by atoms with Gasteiger partial charge in [0.25, 0.3) is 0 Å². The van der Waals surface area contributed by atoms with Gasteiger partial charge in [-0.1, -0.05) is 30.3 Å². The lowest BCUT2D eigenvalue weighted by Gasteiger charge is -2.36. The van der Waals surface area contributed by atoms with Gasteiger partial charge in [-0.15, -0.1) is 0 Å². The van der Waals surface area contributed by atoms with E-state index in [2.05, 4.69) is 59.4 Å². The Hall–Kier alpha value is -0.900. The Kier molecular flexibility index (Phi) is 4.94. The summed E-state index contributed by atoms with van der Waals surface area (Å²) in [7, 11) is 2.25. The van der Waals surface area contributed by atoms with Crippen LogP contribution in [0.15, 0.2) is 30.3 Å². The Morgan fingerprint density at radius 1 is 1.19 bits per heavy atom. The topological polar surface area (TPSA) is 18.5 Å². The van der Waals surface area contributed by atoms with E-state index < -0.39 is 0 Å². The van der Waals surface area contributed by atoms with Gasteiger partial charge in [0, 0.05) is 37.8 Å². The van der Waals surface area contributed by atoms with Crippen LogP contribution in [0.1, 0.15) is 37.8 Å². The van der Waals surface area contributed by atoms with Gasteiger partial charge in [0.05, 0.1) is 0 Å². The Bertz CT molecular complexity index is 429. The van der Waals surface area contributed by atoms with Crippen molar-refractivity contribution in [3.8, 4) is 0 Å². The van der Waals surface area contributed by atoms with E-state index in [9.17, 15) is 0 Å². The first-order chi connectivity index (χ1) is 10.2. The van der Waals surface area contributed by atoms with E-state index >= 15 is 0 Å². The average Bonchev–Trinajstić information content (AvgIpc) is 3.31. The molecule has 0 spiro atoms. The highest BCUT2D eigenvalue weighted by Gasteiger charge is 2.29. The van der Waals surface area contributed by atoms with Crippen molar-refractivity contribution in [1.82, 2.24) is 15.1 Å². The summed E-state index contributed by atoms with van der Waals surface area (Å²) in [5.74, 6) is 0. The van der Waals surface area contributed by atoms with Gasteiger partial charge in [-0.25, -0.2) is 0 Å². The van der Waals surface area contributed by atoms with E-state index in [4.69, 9.17) is 0 Å². The maximum Gasteiger partial charge on any atom is 0.0476 e. The molecule has 1 N–H and O–H groups in total. The molecule has 0 aromatic heterocycles. The lowest BCUT2D eigenvalue weighted by Crippen LogP contribution is -2.44. The summed E-state index contributed by atoms with van der Waals surface area (Å²) in [6.07, 6.45) is 3.99. The van der Waals surface area contributed by atoms with Crippen LogP contribution in [-0.4, -0.2) is 55.1 Å². The third-order valence-corrected chi connectivity index (χ3v) is 4.86. The van der Waals surface area contributed by atoms with Gasteiger partial charge in [-0.2, -0.15) is 0 Å². The first-order valence-electron chi connectivity index (χ1n) is 8.46. The molecular formula is C18H29N3. The normalized spacial score (nSPS) is 26.5. The van der Waals surface area contributed by atoms with Crippen LogP contribution >= 0.6 is 0 Å². The SMILES string of the molecule is CC1CN(C)CCCN1C(CNC1CC1)c1ccccc1. The van der Waals surface area contributed by atoms with E-state index in [1.165, 1.54) is 44.5 Å². The third-order valence-electron chi connectivity index (χ3n) is 4.86. The highest BCUT2D eigenvalue weighted by molar-refractivity contribution is 5.20. The molecule has 1 aromatic rings. The highest BCUT2D eigenvalue weighted by atomic mass is 15.3. The lowest BCUT2D eigenvalue weighted by atomic mass is 10.0. The summed E-state index contributed by atoms with van der Waals surface area (Å²) in [6, 6.07) is 13.0. The largest absolute Gasteiger partial charge is 0.312 e. The molecular weight excluding hydrogens is 258 g/mol. The van der Waals surface area contributed by atoms with Crippen molar-refractivity contribution in [2.24, 2.45) is 0 Å². The molecule has 1 aromatic carbocycles. The maximum atomic E-state index is 3.75. The molecule has 1 heterocycles. The number of benzene rings is 1. The Morgan fingerprint density at radius 3 is 2.67 bits per heavy atom. The standard InChI is InChI=1S/C18H29N3/c1-15-14-20(2)11-6-12-21(15)18(13-19-17-9-10-17)16-7-4-3-5-8-16/h3-5,7-8,15,17-19H,6,9-14H2,1-2H3. The van der Waals surface area contributed by atoms with Crippen LogP contribution < -0.4 is 5.32 Å². The fourth-order valence-corrected chi connectivity index (χ4v) is 3.52. The molecule has 3 nitrogen and oxygen atoms in total. The van der Waals surface area contributed by atoms with Crippen molar-refractivity contribution in [3.05, 3.63) is 35.9 Å². The van der Waals surface area contributed by atoms with Crippen LogP contribution in [0.25, 0.3) is 0 Å². The molecule has 2 atom stereocenters. The van der Waals surface area contributed by atoms with E-state index in [0.717, 1.165) is 12.6 Å². The molecule has 2 fully saturated rings. The number of nitrogens with zero attached hydrogens (tertiary/aromatic N) is 2. The number of likely N-dealkylation sites (N-methyl/N-ethyl adjacent to an activating group) is 1. The van der Waals surface area contributed by atoms with Crippen molar-refractivity contribution in [3.63, 3.8) is 0 Å². The Morgan fingerprint density at radius 2 is 1.95 bits per heavy atom. The monoisotopic (exact) mass is 287 g/mol. The third kappa shape index (κ3) is 4.06. The van der Waals surface area contributed by atoms with Crippen molar-refractivity contribution < 1.29 is 0 Å². The van der Waals surface area contributed by atoms with Crippen molar-refractivity contribution in [2.45, 2.75) is 44.3 Å². The highest BCUT2D eigenvalue weighted by Crippen LogP contribution is 2.26. The molecule has 1 saturated heterocycles. The lowest BCUT2D eigenvalue weighted by molar-refractivity contribution is 0.139. The predicted molar refractivity (Wildman–Crippen MR) is 88.5 cm³/mol. The van der Waals surface area contributed by atoms with Crippen LogP contribution in [0.4, 0.5) is 0 Å². The minimum atomic E-state index is 0.508. The van der Waals surface area contributed by atoms with E-state index in [1.54, 1.807) is 0 Å². The second-order valence-corrected chi connectivity index (χ2v) is 6.81. The molecule has 0 radical (unpaired) electrons. The van der Waals surface area contributed by atoms with Crippen LogP contribution in [-0.2, 0) is 0 Å². The molecule has 3 heteroatoms. The molecule has 2 aliphatic rings. The molecule has 1 saturated carbocycles. The van der Waals surface area contributed by atoms with E-state index in [0.29, 0.717) is 12.1 Å². The summed E-state index contributed by atoms with van der Waals surface area (Å²) in [5, 5.41) is 3.75. The molecule has 0 bridgehead atoms. The summed E-state index contributed by atoms with van der Waals surface area (Å²) in [5.41, 5.74) is 1.46. The molecule has 21 heavy (non-hydrogen) atoms. The fourth-order valence-electron chi connectivity index (χ4n) is 3.52. The quantitative estimate of drug-likeness (QED) is 0.898. The second-order valence-electron chi connectivity index (χ2n) is 6.81. The second kappa shape index (κ2) is 6.91. The summed E-state index contributed by atoms with van der Waals surface area (Å²) in [6.45, 7) is 7.07. The predicted octanol–water partition coefficient (Wildman–Crippen LogP) is 2.51. The minimum absolute atomic E-state index is 0.508. The Labute approximate surface area is 129 Å². The zero-order valence-electron chi connectivity index (χ0n) is 13.5. The molecule has 3 rings (SSSR count). The average molecular weight is 287 g/mol. The molecule has 116 valence electrons. The number of nitrogens with one attached hydrogen (secondary N) is 1. The summed E-state index contributed by atoms with van der Waals surface area (Å²) in [4.78, 5) is 5.19. The van der Waals surface area contributed by atoms with E-state index in [1.807, 2.05) is 0 Å². The first kappa shape index (κ1) is 15.0. The molecule has 2 unspecified atom stereocenters. The molecule has 1 aliphatic heterocycles. The molecule has 1 aliphatic carbocycles. The van der Waals surface area contributed by atoms with Gasteiger partial charge < -0.3 is 10.2 Å². The van der Waals surface area contributed by atoms with Gasteiger partial charge in [0.2, 0.25) is 0 Å². The Balaban J connectivity index is 1.75. The summed E-state index contributed by atoms with van der Waals surface area (Å²) < 4.78 is 0.